The molecule has 0 fully saturated rings. The highest BCUT2D eigenvalue weighted by molar-refractivity contribution is 6.13. The van der Waals surface area contributed by atoms with Gasteiger partial charge in [0.15, 0.2) is 0 Å². The fourth-order valence-corrected chi connectivity index (χ4v) is 0.884. The summed E-state index contributed by atoms with van der Waals surface area (Å²) >= 11 is 0. The van der Waals surface area contributed by atoms with Crippen molar-refractivity contribution in [2.75, 3.05) is 0 Å². The van der Waals surface area contributed by atoms with Crippen molar-refractivity contribution in [2.45, 2.75) is 0 Å². The van der Waals surface area contributed by atoms with Crippen LogP contribution in [0.3, 0.4) is 0 Å². The molecule has 0 aliphatic carbocycles. The van der Waals surface area contributed by atoms with Gasteiger partial charge in [0, 0.05) is 13.2 Å². The first kappa shape index (κ1) is 7.60. The van der Waals surface area contributed by atoms with Gasteiger partial charge in [-0.3, -0.25) is 0 Å². The number of carboxylic acids is 1. The number of carbonyl (C=O) groups is 1. The van der Waals surface area contributed by atoms with E-state index in [0.717, 1.165) is 0 Å². The van der Waals surface area contributed by atoms with Gasteiger partial charge in [0.25, 0.3) is 0 Å². The van der Waals surface area contributed by atoms with Crippen LogP contribution in [0.4, 0.5) is 0 Å². The van der Waals surface area contributed by atoms with Gasteiger partial charge in [0.1, 0.15) is 0 Å². The lowest BCUT2D eigenvalue weighted by molar-refractivity contribution is -0.130. The van der Waals surface area contributed by atoms with Gasteiger partial charge in [0.2, 0.25) is 0 Å². The van der Waals surface area contributed by atoms with Crippen LogP contribution in [0.2, 0.25) is 0 Å². The largest absolute Gasteiger partial charge is 0.478 e. The third kappa shape index (κ3) is 1.32. The summed E-state index contributed by atoms with van der Waals surface area (Å²) in [5, 5.41) is 8.57. The Hall–Kier alpha value is -1.51. The number of carboxylic acid groups (broad SMARTS) is 1. The molecule has 0 aliphatic heterocycles. The van der Waals surface area contributed by atoms with Crippen LogP contribution in [-0.2, 0) is 11.8 Å². The SMILES string of the molecule is C=C(C(=O)O)c1cccn1C. The molecule has 1 rings (SSSR count). The van der Waals surface area contributed by atoms with E-state index in [1.165, 1.54) is 0 Å². The number of hydrogen-bond donors (Lipinski definition) is 1. The molecule has 1 aromatic heterocycles. The first-order valence-corrected chi connectivity index (χ1v) is 3.17. The monoisotopic (exact) mass is 151 g/mol. The van der Waals surface area contributed by atoms with Crippen LogP contribution in [0.25, 0.3) is 5.57 Å². The van der Waals surface area contributed by atoms with Gasteiger partial charge in [-0.15, -0.1) is 0 Å². The van der Waals surface area contributed by atoms with Crippen LogP contribution in [0.15, 0.2) is 24.9 Å². The Bertz CT molecular complexity index is 299. The molecule has 0 saturated carbocycles. The van der Waals surface area contributed by atoms with Gasteiger partial charge in [-0.25, -0.2) is 4.79 Å². The molecule has 11 heavy (non-hydrogen) atoms. The second-order valence-electron chi connectivity index (χ2n) is 2.29. The molecule has 0 saturated heterocycles. The van der Waals surface area contributed by atoms with Gasteiger partial charge in [-0.1, -0.05) is 6.58 Å². The van der Waals surface area contributed by atoms with Crippen molar-refractivity contribution >= 4 is 11.5 Å². The standard InChI is InChI=1S/C8H9NO2/c1-6(8(10)11)7-4-3-5-9(7)2/h3-5H,1H2,2H3,(H,10,11). The van der Waals surface area contributed by atoms with E-state index in [9.17, 15) is 4.79 Å². The summed E-state index contributed by atoms with van der Waals surface area (Å²) in [5.41, 5.74) is 0.759. The van der Waals surface area contributed by atoms with Crippen molar-refractivity contribution < 1.29 is 9.90 Å². The molecule has 0 aliphatic rings. The molecule has 58 valence electrons. The minimum atomic E-state index is -0.980. The summed E-state index contributed by atoms with van der Waals surface area (Å²) in [6, 6.07) is 3.50. The average Bonchev–Trinajstić information content (AvgIpc) is 2.33. The van der Waals surface area contributed by atoms with Crippen molar-refractivity contribution in [3.05, 3.63) is 30.6 Å². The van der Waals surface area contributed by atoms with Gasteiger partial charge in [0.05, 0.1) is 11.3 Å². The number of aliphatic carboxylic acids is 1. The van der Waals surface area contributed by atoms with E-state index >= 15 is 0 Å². The van der Waals surface area contributed by atoms with Crippen molar-refractivity contribution in [1.29, 1.82) is 0 Å². The minimum absolute atomic E-state index is 0.123. The molecule has 0 amide bonds. The molecule has 3 nitrogen and oxygen atoms in total. The number of hydrogen-bond acceptors (Lipinski definition) is 1. The first-order chi connectivity index (χ1) is 5.13. The molecule has 1 aromatic rings. The second kappa shape index (κ2) is 2.62. The fourth-order valence-electron chi connectivity index (χ4n) is 0.884. The second-order valence-corrected chi connectivity index (χ2v) is 2.29. The number of rotatable bonds is 2. The first-order valence-electron chi connectivity index (χ1n) is 3.17. The Morgan fingerprint density at radius 1 is 1.73 bits per heavy atom. The van der Waals surface area contributed by atoms with Gasteiger partial charge in [-0.05, 0) is 12.1 Å². The smallest absolute Gasteiger partial charge is 0.337 e. The average molecular weight is 151 g/mol. The Labute approximate surface area is 64.6 Å². The zero-order valence-electron chi connectivity index (χ0n) is 6.24. The third-order valence-corrected chi connectivity index (χ3v) is 1.51. The normalized spacial score (nSPS) is 9.55. The van der Waals surface area contributed by atoms with E-state index in [1.807, 2.05) is 0 Å². The van der Waals surface area contributed by atoms with E-state index < -0.39 is 5.97 Å². The Balaban J connectivity index is 3.02. The Morgan fingerprint density at radius 3 is 2.73 bits per heavy atom. The maximum absolute atomic E-state index is 10.4. The number of aromatic nitrogens is 1. The summed E-state index contributed by atoms with van der Waals surface area (Å²) in [7, 11) is 1.78. The van der Waals surface area contributed by atoms with E-state index in [0.29, 0.717) is 5.69 Å². The molecule has 1 N–H and O–H groups in total. The summed E-state index contributed by atoms with van der Waals surface area (Å²) in [6.45, 7) is 3.44. The van der Waals surface area contributed by atoms with Crippen LogP contribution in [0.1, 0.15) is 5.69 Å². The zero-order valence-corrected chi connectivity index (χ0v) is 6.24. The summed E-state index contributed by atoms with van der Waals surface area (Å²) in [4.78, 5) is 10.4. The molecule has 0 spiro atoms. The van der Waals surface area contributed by atoms with Gasteiger partial charge in [-0.2, -0.15) is 0 Å². The van der Waals surface area contributed by atoms with Crippen molar-refractivity contribution in [1.82, 2.24) is 4.57 Å². The lowest BCUT2D eigenvalue weighted by atomic mass is 10.2. The molecule has 0 atom stereocenters. The molecular weight excluding hydrogens is 142 g/mol. The summed E-state index contributed by atoms with van der Waals surface area (Å²) < 4.78 is 1.72. The maximum atomic E-state index is 10.4. The van der Waals surface area contributed by atoms with Crippen LogP contribution in [0.5, 0.6) is 0 Å². The van der Waals surface area contributed by atoms with Crippen LogP contribution in [0, 0.1) is 0 Å². The highest BCUT2D eigenvalue weighted by atomic mass is 16.4. The molecule has 0 radical (unpaired) electrons. The van der Waals surface area contributed by atoms with Crippen molar-refractivity contribution in [2.24, 2.45) is 7.05 Å². The van der Waals surface area contributed by atoms with Gasteiger partial charge < -0.3 is 9.67 Å². The Kier molecular flexibility index (Phi) is 1.81. The minimum Gasteiger partial charge on any atom is -0.478 e. The maximum Gasteiger partial charge on any atom is 0.337 e. The molecule has 0 aromatic carbocycles. The van der Waals surface area contributed by atoms with Crippen LogP contribution in [-0.4, -0.2) is 15.6 Å². The predicted molar refractivity (Wildman–Crippen MR) is 42.1 cm³/mol. The highest BCUT2D eigenvalue weighted by Gasteiger charge is 2.08. The Morgan fingerprint density at radius 2 is 2.36 bits per heavy atom. The highest BCUT2D eigenvalue weighted by Crippen LogP contribution is 2.11. The van der Waals surface area contributed by atoms with Crippen molar-refractivity contribution in [3.8, 4) is 0 Å². The third-order valence-electron chi connectivity index (χ3n) is 1.51. The predicted octanol–water partition coefficient (Wildman–Crippen LogP) is 1.12. The fraction of sp³-hybridized carbons (Fsp3) is 0.125. The number of nitrogens with zero attached hydrogens (tertiary/aromatic N) is 1. The van der Waals surface area contributed by atoms with E-state index in [4.69, 9.17) is 5.11 Å². The van der Waals surface area contributed by atoms with E-state index in [-0.39, 0.29) is 5.57 Å². The number of aryl methyl sites for hydroxylation is 1. The summed E-state index contributed by atoms with van der Waals surface area (Å²) in [6.07, 6.45) is 1.78. The summed E-state index contributed by atoms with van der Waals surface area (Å²) in [5.74, 6) is -0.980. The molecule has 3 heteroatoms. The lowest BCUT2D eigenvalue weighted by Crippen LogP contribution is -2.02. The van der Waals surface area contributed by atoms with Crippen LogP contribution >= 0.6 is 0 Å². The van der Waals surface area contributed by atoms with E-state index in [2.05, 4.69) is 6.58 Å². The topological polar surface area (TPSA) is 42.2 Å². The van der Waals surface area contributed by atoms with Crippen molar-refractivity contribution in [3.63, 3.8) is 0 Å². The van der Waals surface area contributed by atoms with Gasteiger partial charge >= 0.3 is 5.97 Å². The lowest BCUT2D eigenvalue weighted by Gasteiger charge is -2.00. The van der Waals surface area contributed by atoms with Crippen LogP contribution < -0.4 is 0 Å². The zero-order chi connectivity index (χ0) is 8.43. The molecule has 0 unspecified atom stereocenters. The molecular formula is C8H9NO2. The quantitative estimate of drug-likeness (QED) is 0.643. The van der Waals surface area contributed by atoms with E-state index in [1.54, 1.807) is 29.9 Å². The molecule has 0 bridgehead atoms. The molecule has 1 heterocycles.